The Bertz CT molecular complexity index is 2450. The average Bonchev–Trinajstić information content (AvgIpc) is 0.915. The lowest BCUT2D eigenvalue weighted by molar-refractivity contribution is -0.161. The predicted molar refractivity (Wildman–Crippen MR) is 426 cm³/mol. The number of aliphatic hydroxyl groups excluding tert-OH is 2. The highest BCUT2D eigenvalue weighted by Gasteiger charge is 2.29. The number of carbonyl (C=O) groups excluding carboxylic acids is 3. The first-order valence-electron chi connectivity index (χ1n) is 40.1. The lowest BCUT2D eigenvalue weighted by Gasteiger charge is -2.21. The van der Waals surface area contributed by atoms with E-state index in [2.05, 4.69) is 154 Å². The summed E-state index contributed by atoms with van der Waals surface area (Å²) >= 11 is 0. The molecule has 4 N–H and O–H groups in total. The third-order valence-corrected chi connectivity index (χ3v) is 18.4. The minimum Gasteiger partial charge on any atom is -0.463 e. The smallest absolute Gasteiger partial charge is 0.463 e. The van der Waals surface area contributed by atoms with Crippen molar-refractivity contribution >= 4 is 33.6 Å². The van der Waals surface area contributed by atoms with Crippen LogP contribution in [0.3, 0.4) is 0 Å². The van der Waals surface area contributed by atoms with Gasteiger partial charge in [-0.15, -0.1) is 0 Å². The second-order valence-corrected chi connectivity index (χ2v) is 29.4. The zero-order chi connectivity index (χ0) is 75.2. The average molecular weight is 1480 g/mol. The molecule has 0 radical (unpaired) electrons. The number of esters is 3. The molecular formula is C85H144O16P2. The summed E-state index contributed by atoms with van der Waals surface area (Å²) in [6.07, 6.45) is 95.0. The summed E-state index contributed by atoms with van der Waals surface area (Å²) in [6.45, 7) is 2.38. The molecule has 18 heteroatoms. The van der Waals surface area contributed by atoms with Gasteiger partial charge in [-0.05, 0) is 135 Å². The monoisotopic (exact) mass is 1480 g/mol. The van der Waals surface area contributed by atoms with Gasteiger partial charge in [0.25, 0.3) is 0 Å². The van der Waals surface area contributed by atoms with Crippen LogP contribution in [-0.4, -0.2) is 95.9 Å². The van der Waals surface area contributed by atoms with Crippen LogP contribution in [0.25, 0.3) is 0 Å². The lowest BCUT2D eigenvalue weighted by atomic mass is 10.0. The third kappa shape index (κ3) is 78.3. The Morgan fingerprint density at radius 2 is 0.524 bits per heavy atom. The first kappa shape index (κ1) is 98.4. The molecule has 0 aromatic rings. The first-order valence-corrected chi connectivity index (χ1v) is 43.1. The summed E-state index contributed by atoms with van der Waals surface area (Å²) < 4.78 is 61.0. The van der Waals surface area contributed by atoms with Crippen molar-refractivity contribution in [3.05, 3.63) is 146 Å². The molecule has 0 aromatic heterocycles. The predicted octanol–water partition coefficient (Wildman–Crippen LogP) is 23.7. The van der Waals surface area contributed by atoms with Crippen LogP contribution in [0.15, 0.2) is 146 Å². The second-order valence-electron chi connectivity index (χ2n) is 26.5. The fraction of sp³-hybridized carbons (Fsp3) is 0.682. The van der Waals surface area contributed by atoms with Crippen LogP contribution in [0.2, 0.25) is 0 Å². The molecule has 0 aliphatic rings. The molecule has 0 spiro atoms. The van der Waals surface area contributed by atoms with Crippen molar-refractivity contribution < 1.29 is 75.8 Å². The largest absolute Gasteiger partial charge is 0.472 e. The normalized spacial score (nSPS) is 14.7. The van der Waals surface area contributed by atoms with E-state index in [1.54, 1.807) is 0 Å². The van der Waals surface area contributed by atoms with E-state index < -0.39 is 91.5 Å². The van der Waals surface area contributed by atoms with Crippen molar-refractivity contribution in [2.24, 2.45) is 0 Å². The van der Waals surface area contributed by atoms with Gasteiger partial charge >= 0.3 is 33.6 Å². The highest BCUT2D eigenvalue weighted by Crippen LogP contribution is 2.45. The molecule has 0 bridgehead atoms. The van der Waals surface area contributed by atoms with E-state index in [0.29, 0.717) is 25.7 Å². The number of hydrogen-bond donors (Lipinski definition) is 4. The van der Waals surface area contributed by atoms with Gasteiger partial charge in [-0.25, -0.2) is 9.13 Å². The number of rotatable bonds is 75. The van der Waals surface area contributed by atoms with Crippen LogP contribution in [0.5, 0.6) is 0 Å². The van der Waals surface area contributed by atoms with E-state index >= 15 is 0 Å². The lowest BCUT2D eigenvalue weighted by Crippen LogP contribution is -2.30. The van der Waals surface area contributed by atoms with E-state index in [9.17, 15) is 43.5 Å². The van der Waals surface area contributed by atoms with Crippen molar-refractivity contribution in [1.82, 2.24) is 0 Å². The molecule has 0 fully saturated rings. The van der Waals surface area contributed by atoms with Crippen molar-refractivity contribution in [3.63, 3.8) is 0 Å². The number of allylic oxidation sites excluding steroid dienone is 24. The molecule has 590 valence electrons. The molecule has 0 heterocycles. The van der Waals surface area contributed by atoms with Crippen molar-refractivity contribution in [3.8, 4) is 0 Å². The molecule has 16 nitrogen and oxygen atoms in total. The van der Waals surface area contributed by atoms with Gasteiger partial charge in [0.1, 0.15) is 25.4 Å². The Hall–Kier alpha value is -4.57. The number of carbonyl (C=O) groups is 3. The van der Waals surface area contributed by atoms with Crippen LogP contribution in [-0.2, 0) is 55.8 Å². The van der Waals surface area contributed by atoms with Gasteiger partial charge in [-0.3, -0.25) is 32.5 Å². The van der Waals surface area contributed by atoms with Gasteiger partial charge in [0.15, 0.2) is 6.10 Å². The number of phosphoric ester groups is 2. The summed E-state index contributed by atoms with van der Waals surface area (Å²) in [5, 5.41) is 20.6. The standard InChI is InChI=1S/C85H144O16P2/c1-4-7-10-13-16-19-22-25-28-30-31-32-33-34-35-36-37-38-39-40-41-42-43-44-45-46-47-49-52-53-56-59-62-65-68-71-83(88)95-74-80(86)75-97-102(91,92)98-76-81(87)77-99-103(93,94)100-79-82(101-85(90)73-70-67-64-61-58-55-50-27-24-21-18-15-12-9-6-3)78-96-84(89)72-69-66-63-60-57-54-51-48-29-26-23-20-17-14-11-8-5-2/h7-8,10-11,16-17,19-20,25-29,31-32,34-35,37-38,50-51,54,60,63,80-82,86-87H,4-6,9,12-15,18,21-24,30,33,36,39-49,52-53,55-59,61-62,64-79H2,1-3H3,(H,91,92)(H,93,94)/b10-7-,11-8-,19-16-,20-17-,28-25-,29-26-,32-31-,35-34-,38-37-,50-27-,54-51-,63-60-. The van der Waals surface area contributed by atoms with E-state index in [-0.39, 0.29) is 19.3 Å². The van der Waals surface area contributed by atoms with E-state index in [1.165, 1.54) is 122 Å². The zero-order valence-electron chi connectivity index (χ0n) is 64.4. The molecule has 0 saturated heterocycles. The quantitative estimate of drug-likeness (QED) is 0.0146. The maximum absolute atomic E-state index is 12.9. The molecule has 103 heavy (non-hydrogen) atoms. The van der Waals surface area contributed by atoms with Gasteiger partial charge in [0, 0.05) is 19.3 Å². The molecule has 0 saturated carbocycles. The molecule has 0 aliphatic carbocycles. The zero-order valence-corrected chi connectivity index (χ0v) is 66.2. The Kier molecular flexibility index (Phi) is 73.6. The highest BCUT2D eigenvalue weighted by atomic mass is 31.2. The topological polar surface area (TPSA) is 231 Å². The number of hydrogen-bond acceptors (Lipinski definition) is 14. The van der Waals surface area contributed by atoms with Crippen molar-refractivity contribution in [2.75, 3.05) is 39.6 Å². The Morgan fingerprint density at radius 1 is 0.282 bits per heavy atom. The fourth-order valence-electron chi connectivity index (χ4n) is 10.5. The van der Waals surface area contributed by atoms with Crippen LogP contribution in [0, 0.1) is 0 Å². The van der Waals surface area contributed by atoms with E-state index in [4.69, 9.17) is 32.3 Å². The SMILES string of the molecule is CC/C=C\C/C=C\C/C=C\C/C=C\C/C=C\C/C=C\CCCCCCCCCCCCCCCCCCC(=O)OCC(O)COP(=O)(O)OCC(O)COP(=O)(O)OCC(COC(=O)CCC/C=C\C/C=C\C/C=C\C/C=C\C/C=C\CC)OC(=O)CCCCCCC/C=C\CCCCCCCC. The van der Waals surface area contributed by atoms with Crippen LogP contribution >= 0.6 is 15.6 Å². The maximum atomic E-state index is 12.9. The van der Waals surface area contributed by atoms with Gasteiger partial charge < -0.3 is 34.2 Å². The Labute approximate surface area is 626 Å². The minimum atomic E-state index is -4.94. The minimum absolute atomic E-state index is 0.0804. The molecule has 5 atom stereocenters. The number of phosphoric acid groups is 2. The Balaban J connectivity index is 4.43. The number of ether oxygens (including phenoxy) is 3. The molecule has 0 aromatic carbocycles. The van der Waals surface area contributed by atoms with Crippen LogP contribution in [0.1, 0.15) is 316 Å². The van der Waals surface area contributed by atoms with Gasteiger partial charge in [0.05, 0.1) is 26.4 Å². The molecular weight excluding hydrogens is 1340 g/mol. The molecule has 5 unspecified atom stereocenters. The summed E-state index contributed by atoms with van der Waals surface area (Å²) in [6, 6.07) is 0. The summed E-state index contributed by atoms with van der Waals surface area (Å²) in [5.41, 5.74) is 0. The van der Waals surface area contributed by atoms with E-state index in [1.807, 2.05) is 12.2 Å². The Morgan fingerprint density at radius 3 is 0.864 bits per heavy atom. The fourth-order valence-corrected chi connectivity index (χ4v) is 12.1. The summed E-state index contributed by atoms with van der Waals surface area (Å²) in [5.74, 6) is -1.65. The van der Waals surface area contributed by atoms with Crippen molar-refractivity contribution in [2.45, 2.75) is 334 Å². The van der Waals surface area contributed by atoms with Crippen LogP contribution < -0.4 is 0 Å². The number of unbranched alkanes of at least 4 members (excludes halogenated alkanes) is 28. The highest BCUT2D eigenvalue weighted by molar-refractivity contribution is 7.47. The van der Waals surface area contributed by atoms with Gasteiger partial charge in [0.2, 0.25) is 0 Å². The van der Waals surface area contributed by atoms with Gasteiger partial charge in [-0.2, -0.15) is 0 Å². The summed E-state index contributed by atoms with van der Waals surface area (Å²) in [7, 11) is -9.81. The van der Waals surface area contributed by atoms with Gasteiger partial charge in [-0.1, -0.05) is 308 Å². The molecule has 0 rings (SSSR count). The molecule has 0 aliphatic heterocycles. The second kappa shape index (κ2) is 77.1. The summed E-state index contributed by atoms with van der Waals surface area (Å²) in [4.78, 5) is 58.6. The maximum Gasteiger partial charge on any atom is 0.472 e. The van der Waals surface area contributed by atoms with E-state index in [0.717, 1.165) is 128 Å². The number of aliphatic hydroxyl groups is 2. The third-order valence-electron chi connectivity index (χ3n) is 16.5. The van der Waals surface area contributed by atoms with Crippen LogP contribution in [0.4, 0.5) is 0 Å². The van der Waals surface area contributed by atoms with Crippen molar-refractivity contribution in [1.29, 1.82) is 0 Å². The molecule has 0 amide bonds. The first-order chi connectivity index (χ1) is 50.2.